The molecule has 1 aliphatic rings. The molecule has 132 valence electrons. The summed E-state index contributed by atoms with van der Waals surface area (Å²) in [6.45, 7) is 2.83. The summed E-state index contributed by atoms with van der Waals surface area (Å²) in [5.41, 5.74) is 3.34. The molecule has 26 heavy (non-hydrogen) atoms. The summed E-state index contributed by atoms with van der Waals surface area (Å²) in [7, 11) is 0. The number of pyridine rings is 1. The topological polar surface area (TPSA) is 53.4 Å². The lowest BCUT2D eigenvalue weighted by atomic mass is 9.92. The quantitative estimate of drug-likeness (QED) is 0.770. The van der Waals surface area contributed by atoms with Crippen LogP contribution in [0.2, 0.25) is 0 Å². The van der Waals surface area contributed by atoms with Gasteiger partial charge in [-0.2, -0.15) is 0 Å². The van der Waals surface area contributed by atoms with Gasteiger partial charge in [0.25, 0.3) is 0 Å². The van der Waals surface area contributed by atoms with E-state index in [1.165, 1.54) is 10.8 Å². The molecule has 0 bridgehead atoms. The van der Waals surface area contributed by atoms with Gasteiger partial charge in [-0.15, -0.1) is 0 Å². The van der Waals surface area contributed by atoms with Crippen molar-refractivity contribution in [3.05, 3.63) is 77.6 Å². The number of aromatic nitrogens is 1. The van der Waals surface area contributed by atoms with Crippen molar-refractivity contribution in [1.82, 2.24) is 9.88 Å². The summed E-state index contributed by atoms with van der Waals surface area (Å²) in [5.74, 6) is -0.736. The largest absolute Gasteiger partial charge is 0.480 e. The van der Waals surface area contributed by atoms with E-state index in [0.717, 1.165) is 29.7 Å². The maximum Gasteiger partial charge on any atom is 0.320 e. The Balaban J connectivity index is 1.87. The number of aryl methyl sites for hydroxylation is 1. The number of carboxylic acids is 1. The van der Waals surface area contributed by atoms with Crippen molar-refractivity contribution in [2.24, 2.45) is 0 Å². The van der Waals surface area contributed by atoms with Crippen LogP contribution in [0.1, 0.15) is 35.6 Å². The minimum Gasteiger partial charge on any atom is -0.480 e. The molecule has 2 atom stereocenters. The molecule has 0 saturated carbocycles. The molecule has 2 heterocycles. The van der Waals surface area contributed by atoms with E-state index >= 15 is 0 Å². The second-order valence-electron chi connectivity index (χ2n) is 6.98. The minimum absolute atomic E-state index is 0.0776. The lowest BCUT2D eigenvalue weighted by molar-refractivity contribution is -0.142. The van der Waals surface area contributed by atoms with Crippen molar-refractivity contribution in [3.8, 4) is 0 Å². The molecule has 4 heteroatoms. The first-order valence-corrected chi connectivity index (χ1v) is 9.03. The van der Waals surface area contributed by atoms with E-state index in [1.807, 2.05) is 31.3 Å². The van der Waals surface area contributed by atoms with E-state index in [0.29, 0.717) is 6.42 Å². The summed E-state index contributed by atoms with van der Waals surface area (Å²) >= 11 is 0. The number of nitrogens with zero attached hydrogens (tertiary/aromatic N) is 2. The zero-order valence-corrected chi connectivity index (χ0v) is 14.8. The molecule has 0 radical (unpaired) electrons. The van der Waals surface area contributed by atoms with Gasteiger partial charge in [-0.25, -0.2) is 0 Å². The average Bonchev–Trinajstić information content (AvgIpc) is 3.13. The number of carbonyl (C=O) groups is 1. The third-order valence-electron chi connectivity index (χ3n) is 5.36. The van der Waals surface area contributed by atoms with Crippen molar-refractivity contribution in [2.75, 3.05) is 6.54 Å². The predicted molar refractivity (Wildman–Crippen MR) is 102 cm³/mol. The molecule has 1 N–H and O–H groups in total. The average molecular weight is 346 g/mol. The van der Waals surface area contributed by atoms with Crippen LogP contribution >= 0.6 is 0 Å². The molecule has 4 nitrogen and oxygen atoms in total. The maximum atomic E-state index is 11.8. The van der Waals surface area contributed by atoms with E-state index in [1.54, 1.807) is 6.20 Å². The van der Waals surface area contributed by atoms with E-state index in [-0.39, 0.29) is 6.04 Å². The smallest absolute Gasteiger partial charge is 0.320 e. The van der Waals surface area contributed by atoms with Crippen molar-refractivity contribution >= 4 is 16.7 Å². The second kappa shape index (κ2) is 6.89. The van der Waals surface area contributed by atoms with Gasteiger partial charge in [0.2, 0.25) is 0 Å². The van der Waals surface area contributed by atoms with Crippen LogP contribution in [0.5, 0.6) is 0 Å². The standard InChI is InChI=1S/C22H22N2O2/c1-15-14-23-11-10-19(15)21(24-12-4-7-20(24)22(25)26)18-9-8-16-5-2-3-6-17(16)13-18/h2-3,5-6,8-11,13-14,20-21H,4,7,12H2,1H3,(H,25,26). The van der Waals surface area contributed by atoms with Crippen molar-refractivity contribution in [2.45, 2.75) is 31.8 Å². The number of benzene rings is 2. The Morgan fingerprint density at radius 3 is 2.77 bits per heavy atom. The third-order valence-corrected chi connectivity index (χ3v) is 5.36. The second-order valence-corrected chi connectivity index (χ2v) is 6.98. The SMILES string of the molecule is Cc1cnccc1C(c1ccc2ccccc2c1)N1CCCC1C(=O)O. The number of likely N-dealkylation sites (tertiary alicyclic amines) is 1. The maximum absolute atomic E-state index is 11.8. The van der Waals surface area contributed by atoms with Crippen molar-refractivity contribution < 1.29 is 9.90 Å². The van der Waals surface area contributed by atoms with Crippen LogP contribution in [-0.4, -0.2) is 33.5 Å². The molecule has 1 saturated heterocycles. The fraction of sp³-hybridized carbons (Fsp3) is 0.273. The van der Waals surface area contributed by atoms with E-state index < -0.39 is 12.0 Å². The minimum atomic E-state index is -0.736. The number of rotatable bonds is 4. The first-order valence-electron chi connectivity index (χ1n) is 9.03. The summed E-state index contributed by atoms with van der Waals surface area (Å²) in [6, 6.07) is 16.2. The van der Waals surface area contributed by atoms with E-state index in [2.05, 4.69) is 40.2 Å². The first-order chi connectivity index (χ1) is 12.6. The zero-order chi connectivity index (χ0) is 18.1. The Morgan fingerprint density at radius 1 is 1.19 bits per heavy atom. The number of hydrogen-bond donors (Lipinski definition) is 1. The molecule has 4 rings (SSSR count). The van der Waals surface area contributed by atoms with Crippen LogP contribution in [0.4, 0.5) is 0 Å². The van der Waals surface area contributed by atoms with Gasteiger partial charge in [-0.1, -0.05) is 36.4 Å². The van der Waals surface area contributed by atoms with Gasteiger partial charge < -0.3 is 5.11 Å². The Labute approximate surface area is 153 Å². The highest BCUT2D eigenvalue weighted by Crippen LogP contribution is 2.37. The van der Waals surface area contributed by atoms with Gasteiger partial charge in [-0.05, 0) is 59.4 Å². The van der Waals surface area contributed by atoms with Gasteiger partial charge in [0.15, 0.2) is 0 Å². The monoisotopic (exact) mass is 346 g/mol. The van der Waals surface area contributed by atoms with Crippen molar-refractivity contribution in [3.63, 3.8) is 0 Å². The van der Waals surface area contributed by atoms with Crippen LogP contribution in [-0.2, 0) is 4.79 Å². The number of fused-ring (bicyclic) bond motifs is 1. The third kappa shape index (κ3) is 2.97. The lowest BCUT2D eigenvalue weighted by Crippen LogP contribution is -2.39. The van der Waals surface area contributed by atoms with Gasteiger partial charge >= 0.3 is 5.97 Å². The molecule has 0 amide bonds. The Kier molecular flexibility index (Phi) is 4.43. The Bertz CT molecular complexity index is 954. The summed E-state index contributed by atoms with van der Waals surface area (Å²) in [6.07, 6.45) is 5.26. The van der Waals surface area contributed by atoms with Crippen LogP contribution in [0.25, 0.3) is 10.8 Å². The summed E-state index contributed by atoms with van der Waals surface area (Å²) in [4.78, 5) is 18.2. The molecule has 1 aromatic heterocycles. The van der Waals surface area contributed by atoms with Crippen LogP contribution in [0.3, 0.4) is 0 Å². The van der Waals surface area contributed by atoms with Gasteiger partial charge in [-0.3, -0.25) is 14.7 Å². The molecule has 3 aromatic rings. The molecule has 1 fully saturated rings. The Hall–Kier alpha value is -2.72. The lowest BCUT2D eigenvalue weighted by Gasteiger charge is -2.33. The highest BCUT2D eigenvalue weighted by Gasteiger charge is 2.37. The number of aliphatic carboxylic acids is 1. The highest BCUT2D eigenvalue weighted by atomic mass is 16.4. The first kappa shape index (κ1) is 16.7. The van der Waals surface area contributed by atoms with Gasteiger partial charge in [0, 0.05) is 18.9 Å². The molecule has 2 aromatic carbocycles. The normalized spacial score (nSPS) is 18.9. The fourth-order valence-electron chi connectivity index (χ4n) is 4.08. The van der Waals surface area contributed by atoms with E-state index in [4.69, 9.17) is 0 Å². The molecule has 1 aliphatic heterocycles. The van der Waals surface area contributed by atoms with Gasteiger partial charge in [0.1, 0.15) is 6.04 Å². The predicted octanol–water partition coefficient (Wildman–Crippen LogP) is 4.18. The molecular weight excluding hydrogens is 324 g/mol. The summed E-state index contributed by atoms with van der Waals surface area (Å²) < 4.78 is 0. The zero-order valence-electron chi connectivity index (χ0n) is 14.8. The molecule has 2 unspecified atom stereocenters. The van der Waals surface area contributed by atoms with Crippen LogP contribution in [0, 0.1) is 6.92 Å². The molecular formula is C22H22N2O2. The van der Waals surface area contributed by atoms with Gasteiger partial charge in [0.05, 0.1) is 6.04 Å². The Morgan fingerprint density at radius 2 is 2.00 bits per heavy atom. The number of hydrogen-bond acceptors (Lipinski definition) is 3. The molecule has 0 aliphatic carbocycles. The highest BCUT2D eigenvalue weighted by molar-refractivity contribution is 5.83. The number of carboxylic acid groups (broad SMARTS) is 1. The van der Waals surface area contributed by atoms with E-state index in [9.17, 15) is 9.90 Å². The van der Waals surface area contributed by atoms with Crippen molar-refractivity contribution in [1.29, 1.82) is 0 Å². The van der Waals surface area contributed by atoms with Crippen LogP contribution in [0.15, 0.2) is 60.9 Å². The van der Waals surface area contributed by atoms with Crippen LogP contribution < -0.4 is 0 Å². The fourth-order valence-corrected chi connectivity index (χ4v) is 4.08. The molecule has 0 spiro atoms. The summed E-state index contributed by atoms with van der Waals surface area (Å²) in [5, 5.41) is 12.1.